The molecule has 14 heavy (non-hydrogen) atoms. The van der Waals surface area contributed by atoms with E-state index in [4.69, 9.17) is 5.73 Å². The van der Waals surface area contributed by atoms with Gasteiger partial charge in [-0.2, -0.15) is 0 Å². The van der Waals surface area contributed by atoms with Gasteiger partial charge in [-0.1, -0.05) is 6.92 Å². The number of carbonyl (C=O) groups is 1. The fraction of sp³-hybridized carbons (Fsp3) is 0.400. The third kappa shape index (κ3) is 2.45. The van der Waals surface area contributed by atoms with E-state index in [9.17, 15) is 4.79 Å². The monoisotopic (exact) mass is 193 g/mol. The molecule has 0 spiro atoms. The minimum Gasteiger partial charge on any atom is -0.399 e. The fourth-order valence-corrected chi connectivity index (χ4v) is 1.20. The summed E-state index contributed by atoms with van der Waals surface area (Å²) in [7, 11) is 1.76. The lowest BCUT2D eigenvalue weighted by atomic mass is 10.3. The number of anilines is 1. The molecule has 76 valence electrons. The summed E-state index contributed by atoms with van der Waals surface area (Å²) in [6.07, 6.45) is 2.48. The predicted octanol–water partition coefficient (Wildman–Crippen LogP) is 1.15. The summed E-state index contributed by atoms with van der Waals surface area (Å²) in [6, 6.07) is 3.26. The molecule has 0 aliphatic rings. The van der Waals surface area contributed by atoms with E-state index in [0.29, 0.717) is 11.4 Å². The maximum absolute atomic E-state index is 11.7. The van der Waals surface area contributed by atoms with Crippen molar-refractivity contribution in [2.24, 2.45) is 0 Å². The lowest BCUT2D eigenvalue weighted by Crippen LogP contribution is -2.28. The van der Waals surface area contributed by atoms with Gasteiger partial charge in [0.05, 0.1) is 0 Å². The lowest BCUT2D eigenvalue weighted by Gasteiger charge is -2.15. The Kier molecular flexibility index (Phi) is 3.45. The molecule has 1 rings (SSSR count). The summed E-state index contributed by atoms with van der Waals surface area (Å²) in [6.45, 7) is 2.76. The third-order valence-electron chi connectivity index (χ3n) is 1.91. The Morgan fingerprint density at radius 2 is 2.36 bits per heavy atom. The molecule has 0 radical (unpaired) electrons. The van der Waals surface area contributed by atoms with Crippen LogP contribution < -0.4 is 5.73 Å². The van der Waals surface area contributed by atoms with Crippen molar-refractivity contribution in [2.45, 2.75) is 13.3 Å². The molecule has 4 heteroatoms. The van der Waals surface area contributed by atoms with Gasteiger partial charge in [0, 0.05) is 25.5 Å². The second-order valence-electron chi connectivity index (χ2n) is 3.20. The number of nitrogen functional groups attached to an aromatic ring is 1. The molecule has 2 N–H and O–H groups in total. The third-order valence-corrected chi connectivity index (χ3v) is 1.91. The van der Waals surface area contributed by atoms with Crippen LogP contribution in [0.15, 0.2) is 18.3 Å². The molecule has 1 amide bonds. The van der Waals surface area contributed by atoms with Crippen molar-refractivity contribution < 1.29 is 4.79 Å². The molecule has 0 aromatic carbocycles. The highest BCUT2D eigenvalue weighted by atomic mass is 16.2. The van der Waals surface area contributed by atoms with Gasteiger partial charge in [-0.15, -0.1) is 0 Å². The maximum atomic E-state index is 11.7. The van der Waals surface area contributed by atoms with Crippen molar-refractivity contribution in [3.8, 4) is 0 Å². The van der Waals surface area contributed by atoms with Crippen LogP contribution in [0, 0.1) is 0 Å². The topological polar surface area (TPSA) is 59.2 Å². The predicted molar refractivity (Wildman–Crippen MR) is 55.9 cm³/mol. The second kappa shape index (κ2) is 4.60. The average Bonchev–Trinajstić information content (AvgIpc) is 2.17. The average molecular weight is 193 g/mol. The van der Waals surface area contributed by atoms with Gasteiger partial charge in [0.15, 0.2) is 0 Å². The Morgan fingerprint density at radius 3 is 2.93 bits per heavy atom. The van der Waals surface area contributed by atoms with Crippen LogP contribution in [0.2, 0.25) is 0 Å². The minimum absolute atomic E-state index is 0.0841. The molecular formula is C10H15N3O. The van der Waals surface area contributed by atoms with Crippen LogP contribution >= 0.6 is 0 Å². The van der Waals surface area contributed by atoms with E-state index in [-0.39, 0.29) is 5.91 Å². The summed E-state index contributed by atoms with van der Waals surface area (Å²) in [5.41, 5.74) is 6.53. The van der Waals surface area contributed by atoms with Crippen molar-refractivity contribution in [1.82, 2.24) is 9.88 Å². The van der Waals surface area contributed by atoms with E-state index < -0.39 is 0 Å². The molecule has 1 aromatic heterocycles. The highest BCUT2D eigenvalue weighted by molar-refractivity contribution is 5.92. The zero-order valence-corrected chi connectivity index (χ0v) is 8.53. The number of aromatic nitrogens is 1. The number of carbonyl (C=O) groups excluding carboxylic acids is 1. The molecule has 0 bridgehead atoms. The summed E-state index contributed by atoms with van der Waals surface area (Å²) in [5, 5.41) is 0. The number of rotatable bonds is 3. The Balaban J connectivity index is 2.78. The molecular weight excluding hydrogens is 178 g/mol. The van der Waals surface area contributed by atoms with E-state index in [2.05, 4.69) is 4.98 Å². The van der Waals surface area contributed by atoms with Crippen LogP contribution in [-0.4, -0.2) is 29.4 Å². The van der Waals surface area contributed by atoms with Gasteiger partial charge in [-0.25, -0.2) is 0 Å². The van der Waals surface area contributed by atoms with Crippen molar-refractivity contribution in [2.75, 3.05) is 19.3 Å². The maximum Gasteiger partial charge on any atom is 0.272 e. The SMILES string of the molecule is CCCN(C)C(=O)c1cc(N)ccn1. The first-order chi connectivity index (χ1) is 6.65. The zero-order valence-electron chi connectivity index (χ0n) is 8.53. The van der Waals surface area contributed by atoms with Gasteiger partial charge >= 0.3 is 0 Å². The van der Waals surface area contributed by atoms with E-state index in [1.807, 2.05) is 6.92 Å². The quantitative estimate of drug-likeness (QED) is 0.783. The van der Waals surface area contributed by atoms with Crippen LogP contribution in [0.3, 0.4) is 0 Å². The van der Waals surface area contributed by atoms with Crippen molar-refractivity contribution in [3.63, 3.8) is 0 Å². The Labute approximate surface area is 83.7 Å². The van der Waals surface area contributed by atoms with Crippen LogP contribution in [0.25, 0.3) is 0 Å². The van der Waals surface area contributed by atoms with Crippen molar-refractivity contribution in [1.29, 1.82) is 0 Å². The summed E-state index contributed by atoms with van der Waals surface area (Å²) >= 11 is 0. The number of hydrogen-bond acceptors (Lipinski definition) is 3. The Bertz CT molecular complexity index is 325. The first-order valence-corrected chi connectivity index (χ1v) is 4.62. The highest BCUT2D eigenvalue weighted by Gasteiger charge is 2.11. The van der Waals surface area contributed by atoms with Crippen LogP contribution in [0.4, 0.5) is 5.69 Å². The molecule has 1 heterocycles. The molecule has 0 fully saturated rings. The summed E-state index contributed by atoms with van der Waals surface area (Å²) < 4.78 is 0. The minimum atomic E-state index is -0.0841. The first kappa shape index (κ1) is 10.5. The van der Waals surface area contributed by atoms with Crippen LogP contribution in [0.5, 0.6) is 0 Å². The molecule has 4 nitrogen and oxygen atoms in total. The normalized spacial score (nSPS) is 9.86. The largest absolute Gasteiger partial charge is 0.399 e. The van der Waals surface area contributed by atoms with Crippen LogP contribution in [0.1, 0.15) is 23.8 Å². The lowest BCUT2D eigenvalue weighted by molar-refractivity contribution is 0.0789. The molecule has 0 saturated carbocycles. The van der Waals surface area contributed by atoms with Crippen LogP contribution in [-0.2, 0) is 0 Å². The molecule has 0 unspecified atom stereocenters. The van der Waals surface area contributed by atoms with Gasteiger partial charge in [0.1, 0.15) is 5.69 Å². The summed E-state index contributed by atoms with van der Waals surface area (Å²) in [4.78, 5) is 17.3. The molecule has 0 atom stereocenters. The fourth-order valence-electron chi connectivity index (χ4n) is 1.20. The number of amides is 1. The first-order valence-electron chi connectivity index (χ1n) is 4.62. The highest BCUT2D eigenvalue weighted by Crippen LogP contribution is 2.05. The molecule has 0 aliphatic heterocycles. The number of hydrogen-bond donors (Lipinski definition) is 1. The Hall–Kier alpha value is -1.58. The van der Waals surface area contributed by atoms with E-state index in [1.165, 1.54) is 0 Å². The van der Waals surface area contributed by atoms with Gasteiger partial charge in [-0.3, -0.25) is 9.78 Å². The van der Waals surface area contributed by atoms with Crippen molar-refractivity contribution >= 4 is 11.6 Å². The number of pyridine rings is 1. The van der Waals surface area contributed by atoms with Gasteiger partial charge < -0.3 is 10.6 Å². The Morgan fingerprint density at radius 1 is 1.64 bits per heavy atom. The molecule has 0 aliphatic carbocycles. The van der Waals surface area contributed by atoms with Gasteiger partial charge in [0.25, 0.3) is 5.91 Å². The van der Waals surface area contributed by atoms with Gasteiger partial charge in [0.2, 0.25) is 0 Å². The second-order valence-corrected chi connectivity index (χ2v) is 3.20. The van der Waals surface area contributed by atoms with E-state index >= 15 is 0 Å². The smallest absolute Gasteiger partial charge is 0.272 e. The summed E-state index contributed by atoms with van der Waals surface area (Å²) in [5.74, 6) is -0.0841. The van der Waals surface area contributed by atoms with Gasteiger partial charge in [-0.05, 0) is 18.6 Å². The zero-order chi connectivity index (χ0) is 10.6. The molecule has 1 aromatic rings. The van der Waals surface area contributed by atoms with Crippen molar-refractivity contribution in [3.05, 3.63) is 24.0 Å². The number of nitrogens with two attached hydrogens (primary N) is 1. The van der Waals surface area contributed by atoms with E-state index in [0.717, 1.165) is 13.0 Å². The molecule has 0 saturated heterocycles. The number of nitrogens with zero attached hydrogens (tertiary/aromatic N) is 2. The standard InChI is InChI=1S/C10H15N3O/c1-3-6-13(2)10(14)9-7-8(11)4-5-12-9/h4-5,7H,3,6H2,1-2H3,(H2,11,12). The van der Waals surface area contributed by atoms with E-state index in [1.54, 1.807) is 30.3 Å².